The molecule has 2 aromatic rings. The molecule has 1 aromatic heterocycles. The van der Waals surface area contributed by atoms with Crippen LogP contribution in [0.5, 0.6) is 0 Å². The van der Waals surface area contributed by atoms with Gasteiger partial charge in [-0.2, -0.15) is 5.10 Å². The van der Waals surface area contributed by atoms with E-state index in [0.29, 0.717) is 13.0 Å². The van der Waals surface area contributed by atoms with Crippen molar-refractivity contribution in [1.82, 2.24) is 14.8 Å². The van der Waals surface area contributed by atoms with Crippen LogP contribution in [0.25, 0.3) is 5.69 Å². The number of hydrogen-bond donors (Lipinski definition) is 0. The van der Waals surface area contributed by atoms with Crippen LogP contribution in [0.1, 0.15) is 23.2 Å². The standard InChI is InChI=1S/C14H16N4O5/c1-22-6-2-3-7-23-14(19)11-4-5-12(13(8-11)18(20)21)17-10-15-9-16-17/h4-5,8-10H,2-3,6-7H2,1H3. The van der Waals surface area contributed by atoms with Gasteiger partial charge in [0, 0.05) is 19.8 Å². The molecule has 0 amide bonds. The number of methoxy groups -OCH3 is 1. The van der Waals surface area contributed by atoms with Gasteiger partial charge in [-0.15, -0.1) is 0 Å². The lowest BCUT2D eigenvalue weighted by Crippen LogP contribution is -2.09. The van der Waals surface area contributed by atoms with Gasteiger partial charge in [-0.05, 0) is 25.0 Å². The molecule has 9 heteroatoms. The molecule has 122 valence electrons. The zero-order valence-electron chi connectivity index (χ0n) is 12.5. The Morgan fingerprint density at radius 1 is 1.35 bits per heavy atom. The molecular weight excluding hydrogens is 304 g/mol. The number of hydrogen-bond acceptors (Lipinski definition) is 7. The van der Waals surface area contributed by atoms with Gasteiger partial charge in [0.05, 0.1) is 17.1 Å². The molecule has 0 bridgehead atoms. The average molecular weight is 320 g/mol. The Balaban J connectivity index is 2.10. The molecule has 0 N–H and O–H groups in total. The van der Waals surface area contributed by atoms with Crippen molar-refractivity contribution in [3.8, 4) is 5.69 Å². The van der Waals surface area contributed by atoms with Gasteiger partial charge >= 0.3 is 5.97 Å². The van der Waals surface area contributed by atoms with Crippen LogP contribution < -0.4 is 0 Å². The molecule has 9 nitrogen and oxygen atoms in total. The number of unbranched alkanes of at least 4 members (excludes halogenated alkanes) is 1. The first-order valence-corrected chi connectivity index (χ1v) is 6.93. The number of aromatic nitrogens is 3. The van der Waals surface area contributed by atoms with Crippen molar-refractivity contribution in [2.24, 2.45) is 0 Å². The Bertz CT molecular complexity index is 672. The summed E-state index contributed by atoms with van der Waals surface area (Å²) in [6.07, 6.45) is 4.05. The van der Waals surface area contributed by atoms with E-state index in [1.165, 1.54) is 35.5 Å². The van der Waals surface area contributed by atoms with E-state index in [2.05, 4.69) is 10.1 Å². The smallest absolute Gasteiger partial charge is 0.338 e. The van der Waals surface area contributed by atoms with E-state index in [-0.39, 0.29) is 23.5 Å². The van der Waals surface area contributed by atoms with Crippen LogP contribution in [0.4, 0.5) is 5.69 Å². The summed E-state index contributed by atoms with van der Waals surface area (Å²) in [5, 5.41) is 15.1. The molecule has 1 aromatic carbocycles. The molecule has 0 fully saturated rings. The van der Waals surface area contributed by atoms with Crippen LogP contribution >= 0.6 is 0 Å². The van der Waals surface area contributed by atoms with Gasteiger partial charge in [0.1, 0.15) is 18.3 Å². The highest BCUT2D eigenvalue weighted by atomic mass is 16.6. The van der Waals surface area contributed by atoms with E-state index in [1.54, 1.807) is 7.11 Å². The molecule has 0 unspecified atom stereocenters. The summed E-state index contributed by atoms with van der Waals surface area (Å²) < 4.78 is 11.2. The molecule has 0 atom stereocenters. The number of nitrogens with zero attached hydrogens (tertiary/aromatic N) is 4. The summed E-state index contributed by atoms with van der Waals surface area (Å²) in [6.45, 7) is 0.830. The maximum Gasteiger partial charge on any atom is 0.338 e. The number of ether oxygens (including phenoxy) is 2. The van der Waals surface area contributed by atoms with Crippen molar-refractivity contribution in [3.63, 3.8) is 0 Å². The monoisotopic (exact) mass is 320 g/mol. The summed E-state index contributed by atoms with van der Waals surface area (Å²) in [6, 6.07) is 4.07. The average Bonchev–Trinajstić information content (AvgIpc) is 3.08. The summed E-state index contributed by atoms with van der Waals surface area (Å²) in [5.41, 5.74) is 0.0979. The normalized spacial score (nSPS) is 10.5. The second-order valence-electron chi connectivity index (χ2n) is 4.64. The summed E-state index contributed by atoms with van der Waals surface area (Å²) in [4.78, 5) is 26.3. The molecule has 2 rings (SSSR count). The lowest BCUT2D eigenvalue weighted by atomic mass is 10.1. The second-order valence-corrected chi connectivity index (χ2v) is 4.64. The molecule has 1 heterocycles. The van der Waals surface area contributed by atoms with E-state index >= 15 is 0 Å². The number of benzene rings is 1. The summed E-state index contributed by atoms with van der Waals surface area (Å²) in [5.74, 6) is -0.601. The Labute approximate surface area is 132 Å². The van der Waals surface area contributed by atoms with Gasteiger partial charge < -0.3 is 9.47 Å². The van der Waals surface area contributed by atoms with Gasteiger partial charge in [0.2, 0.25) is 0 Å². The summed E-state index contributed by atoms with van der Waals surface area (Å²) >= 11 is 0. The third-order valence-electron chi connectivity index (χ3n) is 3.05. The highest BCUT2D eigenvalue weighted by Crippen LogP contribution is 2.23. The maximum atomic E-state index is 11.9. The largest absolute Gasteiger partial charge is 0.462 e. The predicted molar refractivity (Wildman–Crippen MR) is 79.4 cm³/mol. The Kier molecular flexibility index (Phi) is 5.75. The van der Waals surface area contributed by atoms with Gasteiger partial charge in [-0.1, -0.05) is 0 Å². The van der Waals surface area contributed by atoms with Crippen LogP contribution in [0, 0.1) is 10.1 Å². The van der Waals surface area contributed by atoms with E-state index in [9.17, 15) is 14.9 Å². The van der Waals surface area contributed by atoms with Crippen LogP contribution in [0.2, 0.25) is 0 Å². The zero-order valence-corrected chi connectivity index (χ0v) is 12.5. The minimum atomic E-state index is -0.601. The molecule has 0 aliphatic carbocycles. The van der Waals surface area contributed by atoms with Crippen molar-refractivity contribution in [3.05, 3.63) is 46.5 Å². The number of nitro benzene ring substituents is 1. The van der Waals surface area contributed by atoms with Gasteiger partial charge in [-0.3, -0.25) is 10.1 Å². The first kappa shape index (κ1) is 16.6. The number of esters is 1. The fourth-order valence-corrected chi connectivity index (χ4v) is 1.92. The van der Waals surface area contributed by atoms with Crippen molar-refractivity contribution < 1.29 is 19.2 Å². The quantitative estimate of drug-likeness (QED) is 0.315. The van der Waals surface area contributed by atoms with Gasteiger partial charge in [0.25, 0.3) is 5.69 Å². The Morgan fingerprint density at radius 2 is 2.13 bits per heavy atom. The van der Waals surface area contributed by atoms with E-state index in [1.807, 2.05) is 0 Å². The lowest BCUT2D eigenvalue weighted by Gasteiger charge is -2.07. The predicted octanol–water partition coefficient (Wildman–Crippen LogP) is 1.76. The first-order valence-electron chi connectivity index (χ1n) is 6.93. The second kappa shape index (κ2) is 7.99. The van der Waals surface area contributed by atoms with Crippen LogP contribution in [-0.4, -0.2) is 46.0 Å². The molecule has 0 spiro atoms. The third kappa shape index (κ3) is 4.33. The van der Waals surface area contributed by atoms with Gasteiger partial charge in [-0.25, -0.2) is 14.5 Å². The highest BCUT2D eigenvalue weighted by molar-refractivity contribution is 5.90. The number of rotatable bonds is 8. The molecule has 0 aliphatic rings. The molecular formula is C14H16N4O5. The van der Waals surface area contributed by atoms with Crippen molar-refractivity contribution in [2.45, 2.75) is 12.8 Å². The Hall–Kier alpha value is -2.81. The first-order chi connectivity index (χ1) is 11.1. The number of carbonyl (C=O) groups excluding carboxylic acids is 1. The topological polar surface area (TPSA) is 109 Å². The van der Waals surface area contributed by atoms with Crippen molar-refractivity contribution >= 4 is 11.7 Å². The molecule has 0 radical (unpaired) electrons. The maximum absolute atomic E-state index is 11.9. The zero-order chi connectivity index (χ0) is 16.7. The highest BCUT2D eigenvalue weighted by Gasteiger charge is 2.20. The number of carbonyl (C=O) groups is 1. The van der Waals surface area contributed by atoms with E-state index in [4.69, 9.17) is 9.47 Å². The SMILES string of the molecule is COCCCCOC(=O)c1ccc(-n2cncn2)c([N+](=O)[O-])c1. The summed E-state index contributed by atoms with van der Waals surface area (Å²) in [7, 11) is 1.60. The fourth-order valence-electron chi connectivity index (χ4n) is 1.92. The number of nitro groups is 1. The lowest BCUT2D eigenvalue weighted by molar-refractivity contribution is -0.384. The molecule has 0 saturated heterocycles. The van der Waals surface area contributed by atoms with E-state index in [0.717, 1.165) is 6.42 Å². The molecule has 23 heavy (non-hydrogen) atoms. The minimum absolute atomic E-state index is 0.118. The van der Waals surface area contributed by atoms with E-state index < -0.39 is 10.9 Å². The minimum Gasteiger partial charge on any atom is -0.462 e. The fraction of sp³-hybridized carbons (Fsp3) is 0.357. The molecule has 0 saturated carbocycles. The molecule has 0 aliphatic heterocycles. The van der Waals surface area contributed by atoms with Crippen LogP contribution in [0.3, 0.4) is 0 Å². The van der Waals surface area contributed by atoms with Crippen LogP contribution in [-0.2, 0) is 9.47 Å². The van der Waals surface area contributed by atoms with Crippen molar-refractivity contribution in [2.75, 3.05) is 20.3 Å². The Morgan fingerprint density at radius 3 is 2.78 bits per heavy atom. The van der Waals surface area contributed by atoms with Crippen LogP contribution in [0.15, 0.2) is 30.9 Å². The van der Waals surface area contributed by atoms with Crippen molar-refractivity contribution in [1.29, 1.82) is 0 Å². The van der Waals surface area contributed by atoms with Gasteiger partial charge in [0.15, 0.2) is 0 Å². The third-order valence-corrected chi connectivity index (χ3v) is 3.05.